The van der Waals surface area contributed by atoms with Gasteiger partial charge in [0.2, 0.25) is 5.95 Å². The Balaban J connectivity index is 1.53. The summed E-state index contributed by atoms with van der Waals surface area (Å²) in [6.07, 6.45) is 3.79. The number of anilines is 1. The fourth-order valence-electron chi connectivity index (χ4n) is 3.88. The van der Waals surface area contributed by atoms with E-state index in [0.29, 0.717) is 23.6 Å². The molecule has 1 fully saturated rings. The number of halogens is 1. The number of aromatic nitrogens is 2. The number of nitrogens with one attached hydrogen (secondary N) is 1. The molecular formula is C22H25FN4O. The number of amides is 1. The molecule has 3 aromatic rings. The predicted molar refractivity (Wildman–Crippen MR) is 109 cm³/mol. The van der Waals surface area contributed by atoms with E-state index in [2.05, 4.69) is 21.3 Å². The largest absolute Gasteiger partial charge is 0.310 e. The highest BCUT2D eigenvalue weighted by molar-refractivity contribution is 6.04. The minimum Gasteiger partial charge on any atom is -0.310 e. The van der Waals surface area contributed by atoms with Crippen molar-refractivity contribution >= 4 is 22.9 Å². The Hall–Kier alpha value is -2.73. The maximum absolute atomic E-state index is 13.5. The fourth-order valence-corrected chi connectivity index (χ4v) is 3.88. The predicted octanol–water partition coefficient (Wildman–Crippen LogP) is 4.43. The molecule has 4 rings (SSSR count). The average molecular weight is 380 g/mol. The number of piperidine rings is 1. The number of fused-ring (bicyclic) bond motifs is 1. The van der Waals surface area contributed by atoms with E-state index in [1.807, 2.05) is 29.7 Å². The van der Waals surface area contributed by atoms with E-state index in [9.17, 15) is 9.18 Å². The van der Waals surface area contributed by atoms with Crippen molar-refractivity contribution in [1.29, 1.82) is 0 Å². The molecular weight excluding hydrogens is 355 g/mol. The van der Waals surface area contributed by atoms with Crippen LogP contribution in [0.1, 0.15) is 42.1 Å². The Morgan fingerprint density at radius 1 is 1.14 bits per heavy atom. The van der Waals surface area contributed by atoms with E-state index in [1.165, 1.54) is 31.4 Å². The van der Waals surface area contributed by atoms with E-state index < -0.39 is 0 Å². The molecule has 1 aliphatic rings. The number of likely N-dealkylation sites (tertiary alicyclic amines) is 1. The zero-order valence-corrected chi connectivity index (χ0v) is 16.1. The Labute approximate surface area is 164 Å². The fraction of sp³-hybridized carbons (Fsp3) is 0.364. The smallest absolute Gasteiger partial charge is 0.257 e. The first-order chi connectivity index (χ1) is 13.6. The highest BCUT2D eigenvalue weighted by atomic mass is 19.1. The molecule has 2 aromatic carbocycles. The second-order valence-corrected chi connectivity index (χ2v) is 7.30. The van der Waals surface area contributed by atoms with Crippen molar-refractivity contribution in [3.8, 4) is 0 Å². The first kappa shape index (κ1) is 18.6. The van der Waals surface area contributed by atoms with Crippen LogP contribution in [0.4, 0.5) is 10.3 Å². The van der Waals surface area contributed by atoms with E-state index >= 15 is 0 Å². The third-order valence-electron chi connectivity index (χ3n) is 5.30. The minimum absolute atomic E-state index is 0.203. The van der Waals surface area contributed by atoms with Gasteiger partial charge in [-0.1, -0.05) is 18.6 Å². The van der Waals surface area contributed by atoms with Crippen LogP contribution in [-0.4, -0.2) is 33.4 Å². The lowest BCUT2D eigenvalue weighted by atomic mass is 10.1. The van der Waals surface area contributed by atoms with Crippen LogP contribution < -0.4 is 5.32 Å². The van der Waals surface area contributed by atoms with E-state index in [0.717, 1.165) is 30.7 Å². The molecule has 0 radical (unpaired) electrons. The molecule has 1 amide bonds. The van der Waals surface area contributed by atoms with Gasteiger partial charge in [-0.2, -0.15) is 0 Å². The SMILES string of the molecule is CCn1c(NC(=O)c2cccc(CN3CCCCC3)c2)nc2cc(F)ccc21. The Kier molecular flexibility index (Phi) is 5.39. The van der Waals surface area contributed by atoms with Gasteiger partial charge < -0.3 is 4.57 Å². The lowest BCUT2D eigenvalue weighted by Gasteiger charge is -2.26. The average Bonchev–Trinajstić information content (AvgIpc) is 3.04. The maximum Gasteiger partial charge on any atom is 0.257 e. The van der Waals surface area contributed by atoms with Crippen LogP contribution in [0.25, 0.3) is 11.0 Å². The molecule has 5 nitrogen and oxygen atoms in total. The lowest BCUT2D eigenvalue weighted by Crippen LogP contribution is -2.29. The number of imidazole rings is 1. The number of carbonyl (C=O) groups is 1. The Morgan fingerprint density at radius 2 is 1.96 bits per heavy atom. The Bertz CT molecular complexity index is 991. The van der Waals surface area contributed by atoms with E-state index in [4.69, 9.17) is 0 Å². The first-order valence-corrected chi connectivity index (χ1v) is 9.92. The molecule has 0 bridgehead atoms. The van der Waals surface area contributed by atoms with Crippen LogP contribution in [0.5, 0.6) is 0 Å². The van der Waals surface area contributed by atoms with Crippen molar-refractivity contribution in [3.63, 3.8) is 0 Å². The summed E-state index contributed by atoms with van der Waals surface area (Å²) < 4.78 is 15.4. The van der Waals surface area contributed by atoms with Gasteiger partial charge in [0.05, 0.1) is 11.0 Å². The van der Waals surface area contributed by atoms with Gasteiger partial charge in [0.25, 0.3) is 5.91 Å². The van der Waals surface area contributed by atoms with Crippen molar-refractivity contribution in [1.82, 2.24) is 14.5 Å². The number of aryl methyl sites for hydroxylation is 1. The molecule has 0 unspecified atom stereocenters. The summed E-state index contributed by atoms with van der Waals surface area (Å²) in [6, 6.07) is 12.2. The van der Waals surface area contributed by atoms with Gasteiger partial charge >= 0.3 is 0 Å². The number of carbonyl (C=O) groups excluding carboxylic acids is 1. The zero-order valence-electron chi connectivity index (χ0n) is 16.1. The minimum atomic E-state index is -0.337. The molecule has 146 valence electrons. The second-order valence-electron chi connectivity index (χ2n) is 7.30. The third kappa shape index (κ3) is 3.92. The molecule has 1 saturated heterocycles. The number of rotatable bonds is 5. The molecule has 1 N–H and O–H groups in total. The van der Waals surface area contributed by atoms with E-state index in [1.54, 1.807) is 6.07 Å². The number of hydrogen-bond donors (Lipinski definition) is 1. The third-order valence-corrected chi connectivity index (χ3v) is 5.30. The summed E-state index contributed by atoms with van der Waals surface area (Å²) in [5, 5.41) is 2.89. The van der Waals surface area contributed by atoms with E-state index in [-0.39, 0.29) is 11.7 Å². The summed E-state index contributed by atoms with van der Waals surface area (Å²) in [7, 11) is 0. The highest BCUT2D eigenvalue weighted by Crippen LogP contribution is 2.21. The van der Waals surface area contributed by atoms with Gasteiger partial charge in [-0.3, -0.25) is 15.0 Å². The standard InChI is InChI=1S/C22H25FN4O/c1-2-27-20-10-9-18(23)14-19(20)24-22(27)25-21(28)17-8-6-7-16(13-17)15-26-11-4-3-5-12-26/h6-10,13-14H,2-5,11-12,15H2,1H3,(H,24,25,28). The van der Waals surface area contributed by atoms with Crippen LogP contribution in [0.3, 0.4) is 0 Å². The van der Waals surface area contributed by atoms with Gasteiger partial charge in [0.15, 0.2) is 0 Å². The monoisotopic (exact) mass is 380 g/mol. The number of nitrogens with zero attached hydrogens (tertiary/aromatic N) is 3. The summed E-state index contributed by atoms with van der Waals surface area (Å²) in [5.74, 6) is -0.1000. The van der Waals surface area contributed by atoms with Gasteiger partial charge in [-0.05, 0) is 62.7 Å². The topological polar surface area (TPSA) is 50.2 Å². The van der Waals surface area contributed by atoms with Gasteiger partial charge in [0.1, 0.15) is 5.82 Å². The summed E-state index contributed by atoms with van der Waals surface area (Å²) in [5.41, 5.74) is 3.09. The molecule has 0 atom stereocenters. The summed E-state index contributed by atoms with van der Waals surface area (Å²) in [4.78, 5) is 19.7. The second kappa shape index (κ2) is 8.10. The van der Waals surface area contributed by atoms with Crippen LogP contribution >= 0.6 is 0 Å². The molecule has 0 spiro atoms. The van der Waals surface area contributed by atoms with Crippen molar-refractivity contribution in [2.45, 2.75) is 39.3 Å². The normalized spacial score (nSPS) is 15.1. The molecule has 1 aromatic heterocycles. The molecule has 6 heteroatoms. The lowest BCUT2D eigenvalue weighted by molar-refractivity contribution is 0.102. The molecule has 28 heavy (non-hydrogen) atoms. The molecule has 2 heterocycles. The maximum atomic E-state index is 13.5. The number of hydrogen-bond acceptors (Lipinski definition) is 3. The summed E-state index contributed by atoms with van der Waals surface area (Å²) in [6.45, 7) is 5.71. The van der Waals surface area contributed by atoms with Crippen LogP contribution in [-0.2, 0) is 13.1 Å². The molecule has 0 saturated carbocycles. The highest BCUT2D eigenvalue weighted by Gasteiger charge is 2.15. The zero-order chi connectivity index (χ0) is 19.5. The van der Waals surface area contributed by atoms with Crippen LogP contribution in [0, 0.1) is 5.82 Å². The quantitative estimate of drug-likeness (QED) is 0.712. The van der Waals surface area contributed by atoms with Crippen LogP contribution in [0.15, 0.2) is 42.5 Å². The van der Waals surface area contributed by atoms with Crippen molar-refractivity contribution < 1.29 is 9.18 Å². The van der Waals surface area contributed by atoms with Crippen molar-refractivity contribution in [3.05, 3.63) is 59.4 Å². The van der Waals surface area contributed by atoms with Gasteiger partial charge in [0, 0.05) is 24.7 Å². The molecule has 1 aliphatic heterocycles. The first-order valence-electron chi connectivity index (χ1n) is 9.92. The van der Waals surface area contributed by atoms with Gasteiger partial charge in [-0.25, -0.2) is 9.37 Å². The molecule has 0 aliphatic carbocycles. The van der Waals surface area contributed by atoms with Gasteiger partial charge in [-0.15, -0.1) is 0 Å². The summed E-state index contributed by atoms with van der Waals surface area (Å²) >= 11 is 0. The van der Waals surface area contributed by atoms with Crippen LogP contribution in [0.2, 0.25) is 0 Å². The van der Waals surface area contributed by atoms with Crippen molar-refractivity contribution in [2.24, 2.45) is 0 Å². The Morgan fingerprint density at radius 3 is 2.75 bits per heavy atom. The van der Waals surface area contributed by atoms with Crippen molar-refractivity contribution in [2.75, 3.05) is 18.4 Å². The number of benzene rings is 2.